The van der Waals surface area contributed by atoms with E-state index in [1.165, 1.54) is 4.90 Å². The van der Waals surface area contributed by atoms with E-state index in [4.69, 9.17) is 4.74 Å². The second kappa shape index (κ2) is 7.09. The molecule has 2 amide bonds. The van der Waals surface area contributed by atoms with E-state index in [0.717, 1.165) is 19.3 Å². The van der Waals surface area contributed by atoms with Crippen molar-refractivity contribution in [2.45, 2.75) is 50.8 Å². The van der Waals surface area contributed by atoms with E-state index in [1.807, 2.05) is 6.92 Å². The zero-order chi connectivity index (χ0) is 15.4. The van der Waals surface area contributed by atoms with Crippen LogP contribution in [0.2, 0.25) is 0 Å². The molecule has 3 atom stereocenters. The molecule has 2 rings (SSSR count). The molecule has 2 N–H and O–H groups in total. The molecule has 0 aromatic carbocycles. The number of morpholine rings is 1. The van der Waals surface area contributed by atoms with Crippen molar-refractivity contribution in [3.63, 3.8) is 0 Å². The molecule has 0 aliphatic carbocycles. The summed E-state index contributed by atoms with van der Waals surface area (Å²) in [6.45, 7) is 2.88. The van der Waals surface area contributed by atoms with Crippen LogP contribution in [0.4, 0.5) is 4.79 Å². The normalized spacial score (nSPS) is 30.9. The average Bonchev–Trinajstić information content (AvgIpc) is 2.73. The van der Waals surface area contributed by atoms with Crippen LogP contribution in [-0.4, -0.2) is 76.5 Å². The predicted octanol–water partition coefficient (Wildman–Crippen LogP) is 0.517. The molecule has 2 aliphatic rings. The maximum atomic E-state index is 12.7. The number of carboxylic acid groups (broad SMARTS) is 1. The maximum Gasteiger partial charge on any atom is 0.326 e. The van der Waals surface area contributed by atoms with Crippen LogP contribution in [0.5, 0.6) is 0 Å². The fourth-order valence-corrected chi connectivity index (χ4v) is 2.95. The monoisotopic (exact) mass is 300 g/mol. The van der Waals surface area contributed by atoms with Gasteiger partial charge in [-0.25, -0.2) is 9.59 Å². The van der Waals surface area contributed by atoms with Gasteiger partial charge in [0, 0.05) is 6.54 Å². The number of amides is 2. The summed E-state index contributed by atoms with van der Waals surface area (Å²) in [5.74, 6) is -0.940. The third-order valence-electron chi connectivity index (χ3n) is 4.24. The summed E-state index contributed by atoms with van der Waals surface area (Å²) in [4.78, 5) is 27.3. The van der Waals surface area contributed by atoms with Crippen molar-refractivity contribution in [1.82, 2.24) is 9.80 Å². The van der Waals surface area contributed by atoms with Gasteiger partial charge in [0.25, 0.3) is 0 Å². The number of hydrogen-bond acceptors (Lipinski definition) is 4. The number of aliphatic carboxylic acids is 1. The van der Waals surface area contributed by atoms with E-state index in [1.54, 1.807) is 4.90 Å². The number of carbonyl (C=O) groups is 2. The highest BCUT2D eigenvalue weighted by atomic mass is 16.5. The number of likely N-dealkylation sites (tertiary alicyclic amines) is 1. The first-order chi connectivity index (χ1) is 10.0. The molecule has 0 aromatic rings. The molecule has 21 heavy (non-hydrogen) atoms. The first-order valence-electron chi connectivity index (χ1n) is 7.57. The van der Waals surface area contributed by atoms with E-state index >= 15 is 0 Å². The van der Waals surface area contributed by atoms with E-state index in [0.29, 0.717) is 26.1 Å². The van der Waals surface area contributed by atoms with Gasteiger partial charge in [-0.15, -0.1) is 0 Å². The minimum absolute atomic E-state index is 0.113. The lowest BCUT2D eigenvalue weighted by atomic mass is 10.1. The van der Waals surface area contributed by atoms with Gasteiger partial charge in [-0.1, -0.05) is 12.8 Å². The van der Waals surface area contributed by atoms with Crippen LogP contribution in [0.15, 0.2) is 0 Å². The molecule has 7 nitrogen and oxygen atoms in total. The molecule has 3 unspecified atom stereocenters. The fraction of sp³-hybridized carbons (Fsp3) is 0.857. The molecule has 0 bridgehead atoms. The quantitative estimate of drug-likeness (QED) is 0.776. The van der Waals surface area contributed by atoms with E-state index in [2.05, 4.69) is 0 Å². The van der Waals surface area contributed by atoms with E-state index in [-0.39, 0.29) is 24.8 Å². The first-order valence-corrected chi connectivity index (χ1v) is 7.57. The van der Waals surface area contributed by atoms with Crippen LogP contribution in [0.1, 0.15) is 32.6 Å². The number of ether oxygens (including phenoxy) is 1. The van der Waals surface area contributed by atoms with E-state index in [9.17, 15) is 19.8 Å². The second-order valence-electron chi connectivity index (χ2n) is 5.82. The third-order valence-corrected chi connectivity index (χ3v) is 4.24. The van der Waals surface area contributed by atoms with Gasteiger partial charge in [0.1, 0.15) is 6.04 Å². The van der Waals surface area contributed by atoms with Crippen molar-refractivity contribution in [2.75, 3.05) is 26.3 Å². The Morgan fingerprint density at radius 1 is 1.24 bits per heavy atom. The van der Waals surface area contributed by atoms with Crippen LogP contribution < -0.4 is 0 Å². The van der Waals surface area contributed by atoms with Crippen LogP contribution in [0.3, 0.4) is 0 Å². The number of rotatable bonds is 2. The van der Waals surface area contributed by atoms with Crippen LogP contribution >= 0.6 is 0 Å². The first kappa shape index (κ1) is 16.0. The second-order valence-corrected chi connectivity index (χ2v) is 5.82. The third kappa shape index (κ3) is 3.65. The highest BCUT2D eigenvalue weighted by Crippen LogP contribution is 2.21. The Morgan fingerprint density at radius 3 is 2.67 bits per heavy atom. The lowest BCUT2D eigenvalue weighted by Crippen LogP contribution is -2.58. The Labute approximate surface area is 124 Å². The molecule has 0 spiro atoms. The van der Waals surface area contributed by atoms with Gasteiger partial charge >= 0.3 is 12.0 Å². The number of urea groups is 1. The zero-order valence-electron chi connectivity index (χ0n) is 12.4. The van der Waals surface area contributed by atoms with Crippen molar-refractivity contribution in [2.24, 2.45) is 0 Å². The summed E-state index contributed by atoms with van der Waals surface area (Å²) >= 11 is 0. The summed E-state index contributed by atoms with van der Waals surface area (Å²) in [6, 6.07) is -1.11. The van der Waals surface area contributed by atoms with Gasteiger partial charge in [-0.3, -0.25) is 0 Å². The predicted molar refractivity (Wildman–Crippen MR) is 75.0 cm³/mol. The van der Waals surface area contributed by atoms with Gasteiger partial charge in [0.05, 0.1) is 31.9 Å². The molecule has 0 saturated carbocycles. The Hall–Kier alpha value is -1.34. The number of carbonyl (C=O) groups excluding carboxylic acids is 1. The van der Waals surface area contributed by atoms with Gasteiger partial charge in [-0.2, -0.15) is 0 Å². The summed E-state index contributed by atoms with van der Waals surface area (Å²) in [6.07, 6.45) is 2.73. The Kier molecular flexibility index (Phi) is 5.41. The maximum absolute atomic E-state index is 12.7. The molecule has 2 aliphatic heterocycles. The topological polar surface area (TPSA) is 90.3 Å². The number of aliphatic hydroxyl groups excluding tert-OH is 1. The van der Waals surface area contributed by atoms with Crippen LogP contribution in [0, 0.1) is 0 Å². The molecular weight excluding hydrogens is 276 g/mol. The van der Waals surface area contributed by atoms with Gasteiger partial charge in [0.15, 0.2) is 0 Å². The highest BCUT2D eigenvalue weighted by molar-refractivity contribution is 5.83. The minimum atomic E-state index is -0.940. The van der Waals surface area contributed by atoms with Crippen LogP contribution in [0.25, 0.3) is 0 Å². The Morgan fingerprint density at radius 2 is 2.00 bits per heavy atom. The van der Waals surface area contributed by atoms with Crippen molar-refractivity contribution in [3.8, 4) is 0 Å². The molecule has 2 saturated heterocycles. The van der Waals surface area contributed by atoms with Crippen molar-refractivity contribution in [1.29, 1.82) is 0 Å². The lowest BCUT2D eigenvalue weighted by molar-refractivity contribution is -0.142. The van der Waals surface area contributed by atoms with Gasteiger partial charge in [-0.05, 0) is 19.8 Å². The summed E-state index contributed by atoms with van der Waals surface area (Å²) < 4.78 is 5.43. The van der Waals surface area contributed by atoms with Gasteiger partial charge < -0.3 is 24.7 Å². The average molecular weight is 300 g/mol. The van der Waals surface area contributed by atoms with Crippen molar-refractivity contribution >= 4 is 12.0 Å². The molecule has 0 aromatic heterocycles. The van der Waals surface area contributed by atoms with Crippen LogP contribution in [-0.2, 0) is 9.53 Å². The molecule has 2 heterocycles. The SMILES string of the molecule is CC1COC(CO)CN1C(=O)N1CCCCCC1C(=O)O. The largest absolute Gasteiger partial charge is 0.480 e. The number of carboxylic acids is 1. The number of nitrogens with zero attached hydrogens (tertiary/aromatic N) is 2. The Bertz CT molecular complexity index is 390. The zero-order valence-corrected chi connectivity index (χ0v) is 12.4. The summed E-state index contributed by atoms with van der Waals surface area (Å²) in [7, 11) is 0. The Balaban J connectivity index is 2.12. The van der Waals surface area contributed by atoms with E-state index < -0.39 is 12.0 Å². The minimum Gasteiger partial charge on any atom is -0.480 e. The van der Waals surface area contributed by atoms with Gasteiger partial charge in [0.2, 0.25) is 0 Å². The molecular formula is C14H24N2O5. The molecule has 7 heteroatoms. The summed E-state index contributed by atoms with van der Waals surface area (Å²) in [5, 5.41) is 18.6. The summed E-state index contributed by atoms with van der Waals surface area (Å²) in [5.41, 5.74) is 0. The molecule has 120 valence electrons. The smallest absolute Gasteiger partial charge is 0.326 e. The highest BCUT2D eigenvalue weighted by Gasteiger charge is 2.37. The number of hydrogen-bond donors (Lipinski definition) is 2. The lowest BCUT2D eigenvalue weighted by Gasteiger charge is -2.41. The standard InChI is InChI=1S/C14H24N2O5/c1-10-9-21-11(8-17)7-16(10)14(20)15-6-4-2-3-5-12(15)13(18)19/h10-12,17H,2-9H2,1H3,(H,18,19). The molecule has 0 radical (unpaired) electrons. The number of aliphatic hydroxyl groups is 1. The fourth-order valence-electron chi connectivity index (χ4n) is 2.95. The molecule has 2 fully saturated rings. The van der Waals surface area contributed by atoms with Crippen molar-refractivity contribution < 1.29 is 24.5 Å². The van der Waals surface area contributed by atoms with Crippen molar-refractivity contribution in [3.05, 3.63) is 0 Å².